The molecule has 1 aliphatic rings. The summed E-state index contributed by atoms with van der Waals surface area (Å²) in [5.74, 6) is 0.944. The highest BCUT2D eigenvalue weighted by molar-refractivity contribution is 7.22. The Labute approximate surface area is 175 Å². The monoisotopic (exact) mass is 409 g/mol. The number of carbonyl (C=O) groups is 1. The molecule has 0 spiro atoms. The van der Waals surface area contributed by atoms with Crippen LogP contribution in [0.5, 0.6) is 5.75 Å². The molecule has 3 aromatic rings. The van der Waals surface area contributed by atoms with E-state index >= 15 is 0 Å². The molecule has 2 heterocycles. The average Bonchev–Trinajstić information content (AvgIpc) is 3.17. The second-order valence-electron chi connectivity index (χ2n) is 7.78. The van der Waals surface area contributed by atoms with E-state index in [1.165, 1.54) is 15.8 Å². The molecule has 0 saturated carbocycles. The van der Waals surface area contributed by atoms with Gasteiger partial charge in [0, 0.05) is 19.6 Å². The second kappa shape index (κ2) is 8.41. The summed E-state index contributed by atoms with van der Waals surface area (Å²) in [5, 5.41) is 4.13. The molecule has 1 unspecified atom stereocenters. The quantitative estimate of drug-likeness (QED) is 0.676. The SMILES string of the molecule is COc1ccc(CNC(=O)C2CCCN(c3nc4c(C)cc(C)cc4s3)C2)cc1. The predicted octanol–water partition coefficient (Wildman–Crippen LogP) is 4.45. The third-order valence-electron chi connectivity index (χ3n) is 5.51. The molecule has 6 heteroatoms. The lowest BCUT2D eigenvalue weighted by Gasteiger charge is -2.31. The van der Waals surface area contributed by atoms with Crippen LogP contribution in [0.15, 0.2) is 36.4 Å². The lowest BCUT2D eigenvalue weighted by molar-refractivity contribution is -0.125. The Kier molecular flexibility index (Phi) is 5.72. The molecule has 1 aromatic heterocycles. The number of piperidine rings is 1. The van der Waals surface area contributed by atoms with Crippen LogP contribution in [-0.2, 0) is 11.3 Å². The largest absolute Gasteiger partial charge is 0.497 e. The van der Waals surface area contributed by atoms with Crippen molar-refractivity contribution >= 4 is 32.6 Å². The minimum absolute atomic E-state index is 0.00292. The number of rotatable bonds is 5. The fourth-order valence-corrected chi connectivity index (χ4v) is 5.11. The number of aryl methyl sites for hydroxylation is 2. The van der Waals surface area contributed by atoms with E-state index in [-0.39, 0.29) is 11.8 Å². The topological polar surface area (TPSA) is 54.5 Å². The van der Waals surface area contributed by atoms with Gasteiger partial charge in [-0.2, -0.15) is 0 Å². The van der Waals surface area contributed by atoms with Gasteiger partial charge < -0.3 is 15.0 Å². The van der Waals surface area contributed by atoms with E-state index in [9.17, 15) is 4.79 Å². The number of ether oxygens (including phenoxy) is 1. The van der Waals surface area contributed by atoms with Crippen molar-refractivity contribution in [2.45, 2.75) is 33.2 Å². The van der Waals surface area contributed by atoms with Crippen molar-refractivity contribution < 1.29 is 9.53 Å². The van der Waals surface area contributed by atoms with Crippen molar-refractivity contribution in [3.05, 3.63) is 53.1 Å². The van der Waals surface area contributed by atoms with Crippen molar-refractivity contribution in [1.29, 1.82) is 0 Å². The van der Waals surface area contributed by atoms with Crippen LogP contribution in [-0.4, -0.2) is 31.1 Å². The molecule has 1 saturated heterocycles. The number of amides is 1. The Balaban J connectivity index is 1.41. The maximum Gasteiger partial charge on any atom is 0.225 e. The third kappa shape index (κ3) is 4.37. The van der Waals surface area contributed by atoms with Gasteiger partial charge >= 0.3 is 0 Å². The number of carbonyl (C=O) groups excluding carboxylic acids is 1. The van der Waals surface area contributed by atoms with Crippen LogP contribution in [0, 0.1) is 19.8 Å². The van der Waals surface area contributed by atoms with Crippen LogP contribution in [0.4, 0.5) is 5.13 Å². The van der Waals surface area contributed by atoms with Gasteiger partial charge in [-0.15, -0.1) is 0 Å². The molecule has 29 heavy (non-hydrogen) atoms. The molecule has 0 radical (unpaired) electrons. The molecule has 1 atom stereocenters. The van der Waals surface area contributed by atoms with Crippen LogP contribution in [0.3, 0.4) is 0 Å². The van der Waals surface area contributed by atoms with Gasteiger partial charge in [0.05, 0.1) is 23.2 Å². The summed E-state index contributed by atoms with van der Waals surface area (Å²) in [5.41, 5.74) is 4.64. The highest BCUT2D eigenvalue weighted by atomic mass is 32.1. The molecule has 1 N–H and O–H groups in total. The summed E-state index contributed by atoms with van der Waals surface area (Å²) in [6, 6.07) is 12.2. The van der Waals surface area contributed by atoms with Crippen LogP contribution >= 0.6 is 11.3 Å². The molecule has 1 amide bonds. The Hall–Kier alpha value is -2.60. The van der Waals surface area contributed by atoms with Gasteiger partial charge in [0.25, 0.3) is 0 Å². The number of methoxy groups -OCH3 is 1. The van der Waals surface area contributed by atoms with Crippen molar-refractivity contribution in [1.82, 2.24) is 10.3 Å². The lowest BCUT2D eigenvalue weighted by Crippen LogP contribution is -2.42. The van der Waals surface area contributed by atoms with Crippen LogP contribution in [0.2, 0.25) is 0 Å². The Morgan fingerprint density at radius 1 is 1.28 bits per heavy atom. The molecule has 5 nitrogen and oxygen atoms in total. The van der Waals surface area contributed by atoms with Crippen molar-refractivity contribution in [3.63, 3.8) is 0 Å². The van der Waals surface area contributed by atoms with Crippen molar-refractivity contribution in [2.24, 2.45) is 5.92 Å². The zero-order valence-electron chi connectivity index (χ0n) is 17.2. The minimum Gasteiger partial charge on any atom is -0.497 e. The molecule has 2 aromatic carbocycles. The van der Waals surface area contributed by atoms with Crippen LogP contribution < -0.4 is 15.0 Å². The third-order valence-corrected chi connectivity index (χ3v) is 6.57. The number of nitrogens with one attached hydrogen (secondary N) is 1. The van der Waals surface area contributed by atoms with E-state index in [0.717, 1.165) is 47.9 Å². The van der Waals surface area contributed by atoms with Gasteiger partial charge in [0.15, 0.2) is 5.13 Å². The highest BCUT2D eigenvalue weighted by Crippen LogP contribution is 2.33. The van der Waals surface area contributed by atoms with E-state index in [1.54, 1.807) is 18.4 Å². The standard InChI is InChI=1S/C23H27N3O2S/c1-15-11-16(2)21-20(12-15)29-23(25-21)26-10-4-5-18(14-26)22(27)24-13-17-6-8-19(28-3)9-7-17/h6-9,11-12,18H,4-5,10,13-14H2,1-3H3,(H,24,27). The number of benzene rings is 2. The fourth-order valence-electron chi connectivity index (χ4n) is 3.94. The van der Waals surface area contributed by atoms with E-state index in [2.05, 4.69) is 36.2 Å². The Bertz CT molecular complexity index is 1010. The zero-order chi connectivity index (χ0) is 20.4. The number of nitrogens with zero attached hydrogens (tertiary/aromatic N) is 2. The number of thiazole rings is 1. The van der Waals surface area contributed by atoms with Gasteiger partial charge in [-0.1, -0.05) is 29.5 Å². The van der Waals surface area contributed by atoms with Gasteiger partial charge in [0.1, 0.15) is 5.75 Å². The Morgan fingerprint density at radius 2 is 2.07 bits per heavy atom. The second-order valence-corrected chi connectivity index (χ2v) is 8.79. The summed E-state index contributed by atoms with van der Waals surface area (Å²) in [6.07, 6.45) is 1.93. The highest BCUT2D eigenvalue weighted by Gasteiger charge is 2.27. The van der Waals surface area contributed by atoms with Gasteiger partial charge in [0.2, 0.25) is 5.91 Å². The summed E-state index contributed by atoms with van der Waals surface area (Å²) < 4.78 is 6.41. The van der Waals surface area contributed by atoms with E-state index in [0.29, 0.717) is 6.54 Å². The van der Waals surface area contributed by atoms with Crippen LogP contribution in [0.1, 0.15) is 29.5 Å². The number of fused-ring (bicyclic) bond motifs is 1. The van der Waals surface area contributed by atoms with Gasteiger partial charge in [-0.3, -0.25) is 4.79 Å². The van der Waals surface area contributed by atoms with Gasteiger partial charge in [-0.05, 0) is 61.6 Å². The molecule has 1 aliphatic heterocycles. The molecular formula is C23H27N3O2S. The zero-order valence-corrected chi connectivity index (χ0v) is 18.0. The molecule has 152 valence electrons. The van der Waals surface area contributed by atoms with E-state index < -0.39 is 0 Å². The first kappa shape index (κ1) is 19.7. The average molecular weight is 410 g/mol. The Morgan fingerprint density at radius 3 is 2.83 bits per heavy atom. The number of anilines is 1. The van der Waals surface area contributed by atoms with Crippen molar-refractivity contribution in [2.75, 3.05) is 25.1 Å². The van der Waals surface area contributed by atoms with Gasteiger partial charge in [-0.25, -0.2) is 4.98 Å². The van der Waals surface area contributed by atoms with Crippen molar-refractivity contribution in [3.8, 4) is 5.75 Å². The summed E-state index contributed by atoms with van der Waals surface area (Å²) in [7, 11) is 1.65. The normalized spacial score (nSPS) is 16.8. The molecular weight excluding hydrogens is 382 g/mol. The molecule has 0 bridgehead atoms. The first-order valence-electron chi connectivity index (χ1n) is 10.1. The maximum atomic E-state index is 12.8. The smallest absolute Gasteiger partial charge is 0.225 e. The molecule has 0 aliphatic carbocycles. The summed E-state index contributed by atoms with van der Waals surface area (Å²) in [6.45, 7) is 6.46. The fraction of sp³-hybridized carbons (Fsp3) is 0.391. The summed E-state index contributed by atoms with van der Waals surface area (Å²) in [4.78, 5) is 19.9. The number of hydrogen-bond donors (Lipinski definition) is 1. The first-order chi connectivity index (χ1) is 14.0. The number of hydrogen-bond acceptors (Lipinski definition) is 5. The van der Waals surface area contributed by atoms with E-state index in [4.69, 9.17) is 9.72 Å². The minimum atomic E-state index is -0.00292. The first-order valence-corrected chi connectivity index (χ1v) is 10.9. The molecule has 4 rings (SSSR count). The number of aromatic nitrogens is 1. The van der Waals surface area contributed by atoms with E-state index in [1.807, 2.05) is 24.3 Å². The predicted molar refractivity (Wildman–Crippen MR) is 119 cm³/mol. The molecule has 1 fully saturated rings. The lowest BCUT2D eigenvalue weighted by atomic mass is 9.97. The summed E-state index contributed by atoms with van der Waals surface area (Å²) >= 11 is 1.73. The maximum absolute atomic E-state index is 12.8. The van der Waals surface area contributed by atoms with Crippen LogP contribution in [0.25, 0.3) is 10.2 Å².